The average Bonchev–Trinajstić information content (AvgIpc) is 2.74. The van der Waals surface area contributed by atoms with Crippen LogP contribution in [-0.4, -0.2) is 51.4 Å². The topological polar surface area (TPSA) is 62.2 Å². The number of hydrogen-bond acceptors (Lipinski definition) is 5. The van der Waals surface area contributed by atoms with E-state index in [1.165, 1.54) is 16.7 Å². The highest BCUT2D eigenvalue weighted by atomic mass is 16.2. The molecular formula is C24H29N5O. The monoisotopic (exact) mass is 403 g/mol. The standard InChI is InChI=1S/C24H29N5O/c1-17-12-18(2)24(26-13-17)28-10-11-29(19(3)15-28)23(30)9-5-7-20-6-4-8-22-21(20)14-25-16-27-22/h4,6,8,12-14,16,19H,5,7,9-11,15H2,1-3H3/t19-/m0/s1. The van der Waals surface area contributed by atoms with Crippen molar-refractivity contribution in [2.24, 2.45) is 0 Å². The van der Waals surface area contributed by atoms with E-state index in [4.69, 9.17) is 0 Å². The summed E-state index contributed by atoms with van der Waals surface area (Å²) in [6.45, 7) is 8.70. The van der Waals surface area contributed by atoms with Crippen LogP contribution >= 0.6 is 0 Å². The van der Waals surface area contributed by atoms with Crippen molar-refractivity contribution < 1.29 is 4.79 Å². The molecule has 0 unspecified atom stereocenters. The van der Waals surface area contributed by atoms with Crippen molar-refractivity contribution in [1.29, 1.82) is 0 Å². The van der Waals surface area contributed by atoms with Gasteiger partial charge in [-0.3, -0.25) is 4.79 Å². The maximum atomic E-state index is 12.9. The van der Waals surface area contributed by atoms with E-state index in [1.54, 1.807) is 6.33 Å². The van der Waals surface area contributed by atoms with Crippen molar-refractivity contribution in [3.63, 3.8) is 0 Å². The van der Waals surface area contributed by atoms with E-state index in [2.05, 4.69) is 52.8 Å². The summed E-state index contributed by atoms with van der Waals surface area (Å²) in [6.07, 6.45) is 7.61. The molecule has 4 rings (SSSR count). The van der Waals surface area contributed by atoms with Crippen LogP contribution < -0.4 is 4.90 Å². The van der Waals surface area contributed by atoms with Gasteiger partial charge in [0.1, 0.15) is 12.1 Å². The lowest BCUT2D eigenvalue weighted by molar-refractivity contribution is -0.133. The SMILES string of the molecule is Cc1cnc(N2CCN(C(=O)CCCc3cccc4ncncc34)[C@@H](C)C2)c(C)c1. The second-order valence-electron chi connectivity index (χ2n) is 8.26. The van der Waals surface area contributed by atoms with Crippen molar-refractivity contribution in [3.8, 4) is 0 Å². The normalized spacial score (nSPS) is 16.8. The molecule has 0 radical (unpaired) electrons. The summed E-state index contributed by atoms with van der Waals surface area (Å²) in [4.78, 5) is 30.3. The number of rotatable bonds is 5. The van der Waals surface area contributed by atoms with Gasteiger partial charge < -0.3 is 9.80 Å². The Hall–Kier alpha value is -3.02. The summed E-state index contributed by atoms with van der Waals surface area (Å²) in [5.41, 5.74) is 4.54. The second kappa shape index (κ2) is 8.78. The maximum Gasteiger partial charge on any atom is 0.222 e. The number of fused-ring (bicyclic) bond motifs is 1. The predicted octanol–water partition coefficient (Wildman–Crippen LogP) is 3.70. The third-order valence-corrected chi connectivity index (χ3v) is 5.91. The first-order valence-corrected chi connectivity index (χ1v) is 10.7. The Bertz CT molecular complexity index is 1050. The van der Waals surface area contributed by atoms with Gasteiger partial charge in [0.15, 0.2) is 0 Å². The molecule has 1 aliphatic heterocycles. The molecule has 3 aromatic rings. The Morgan fingerprint density at radius 2 is 2.03 bits per heavy atom. The van der Waals surface area contributed by atoms with E-state index >= 15 is 0 Å². The largest absolute Gasteiger partial charge is 0.353 e. The van der Waals surface area contributed by atoms with Crippen molar-refractivity contribution in [2.45, 2.75) is 46.1 Å². The fraction of sp³-hybridized carbons (Fsp3) is 0.417. The molecule has 2 aromatic heterocycles. The van der Waals surface area contributed by atoms with Gasteiger partial charge in [0.25, 0.3) is 0 Å². The molecule has 0 N–H and O–H groups in total. The molecule has 6 heteroatoms. The van der Waals surface area contributed by atoms with E-state index in [1.807, 2.05) is 29.4 Å². The van der Waals surface area contributed by atoms with Crippen molar-refractivity contribution >= 4 is 22.6 Å². The molecule has 6 nitrogen and oxygen atoms in total. The number of nitrogens with zero attached hydrogens (tertiary/aromatic N) is 5. The molecule has 1 fully saturated rings. The zero-order valence-corrected chi connectivity index (χ0v) is 18.0. The quantitative estimate of drug-likeness (QED) is 0.650. The number of amides is 1. The predicted molar refractivity (Wildman–Crippen MR) is 120 cm³/mol. The number of anilines is 1. The molecule has 0 spiro atoms. The Balaban J connectivity index is 1.33. The highest BCUT2D eigenvalue weighted by Gasteiger charge is 2.28. The molecule has 156 valence electrons. The van der Waals surface area contributed by atoms with Gasteiger partial charge in [-0.1, -0.05) is 18.2 Å². The highest BCUT2D eigenvalue weighted by molar-refractivity contribution is 5.81. The van der Waals surface area contributed by atoms with Crippen LogP contribution in [0, 0.1) is 13.8 Å². The van der Waals surface area contributed by atoms with Gasteiger partial charge in [0.05, 0.1) is 5.52 Å². The minimum atomic E-state index is 0.180. The number of aryl methyl sites for hydroxylation is 3. The van der Waals surface area contributed by atoms with Gasteiger partial charge in [-0.2, -0.15) is 0 Å². The third-order valence-electron chi connectivity index (χ3n) is 5.91. The molecule has 1 aliphatic rings. The van der Waals surface area contributed by atoms with Crippen molar-refractivity contribution in [1.82, 2.24) is 19.9 Å². The van der Waals surface area contributed by atoms with Gasteiger partial charge in [-0.05, 0) is 56.4 Å². The zero-order valence-electron chi connectivity index (χ0n) is 18.0. The van der Waals surface area contributed by atoms with E-state index in [9.17, 15) is 4.79 Å². The number of piperazine rings is 1. The second-order valence-corrected chi connectivity index (χ2v) is 8.26. The van der Waals surface area contributed by atoms with Crippen LogP contribution in [0.25, 0.3) is 10.9 Å². The fourth-order valence-electron chi connectivity index (χ4n) is 4.42. The number of hydrogen-bond donors (Lipinski definition) is 0. The van der Waals surface area contributed by atoms with Gasteiger partial charge >= 0.3 is 0 Å². The lowest BCUT2D eigenvalue weighted by Gasteiger charge is -2.41. The van der Waals surface area contributed by atoms with Crippen LogP contribution in [0.4, 0.5) is 5.82 Å². The Morgan fingerprint density at radius 3 is 2.83 bits per heavy atom. The number of pyridine rings is 1. The highest BCUT2D eigenvalue weighted by Crippen LogP contribution is 2.23. The molecule has 1 saturated heterocycles. The van der Waals surface area contributed by atoms with Crippen LogP contribution in [0.3, 0.4) is 0 Å². The van der Waals surface area contributed by atoms with Crippen molar-refractivity contribution in [2.75, 3.05) is 24.5 Å². The molecule has 0 aliphatic carbocycles. The summed E-state index contributed by atoms with van der Waals surface area (Å²) in [5.74, 6) is 1.28. The molecule has 30 heavy (non-hydrogen) atoms. The zero-order chi connectivity index (χ0) is 21.1. The van der Waals surface area contributed by atoms with E-state index < -0.39 is 0 Å². The van der Waals surface area contributed by atoms with Crippen LogP contribution in [-0.2, 0) is 11.2 Å². The molecule has 0 saturated carbocycles. The number of carbonyl (C=O) groups is 1. The number of benzene rings is 1. The first kappa shape index (κ1) is 20.3. The van der Waals surface area contributed by atoms with Crippen molar-refractivity contribution in [3.05, 3.63) is 59.7 Å². The lowest BCUT2D eigenvalue weighted by atomic mass is 10.0. The third kappa shape index (κ3) is 4.27. The van der Waals surface area contributed by atoms with E-state index in [0.717, 1.165) is 49.2 Å². The minimum Gasteiger partial charge on any atom is -0.353 e. The molecular weight excluding hydrogens is 374 g/mol. The number of aromatic nitrogens is 3. The Kier molecular flexibility index (Phi) is 5.93. The minimum absolute atomic E-state index is 0.180. The first-order chi connectivity index (χ1) is 14.5. The maximum absolute atomic E-state index is 12.9. The fourth-order valence-corrected chi connectivity index (χ4v) is 4.42. The van der Waals surface area contributed by atoms with E-state index in [0.29, 0.717) is 6.42 Å². The van der Waals surface area contributed by atoms with Gasteiger partial charge in [0, 0.05) is 49.9 Å². The van der Waals surface area contributed by atoms with E-state index in [-0.39, 0.29) is 11.9 Å². The molecule has 1 aromatic carbocycles. The summed E-state index contributed by atoms with van der Waals surface area (Å²) in [5, 5.41) is 1.08. The summed E-state index contributed by atoms with van der Waals surface area (Å²) >= 11 is 0. The van der Waals surface area contributed by atoms with Crippen LogP contribution in [0.2, 0.25) is 0 Å². The Labute approximate surface area is 178 Å². The van der Waals surface area contributed by atoms with Gasteiger partial charge in [-0.25, -0.2) is 15.0 Å². The van der Waals surface area contributed by atoms with Gasteiger partial charge in [0.2, 0.25) is 5.91 Å². The first-order valence-electron chi connectivity index (χ1n) is 10.7. The molecule has 3 heterocycles. The molecule has 1 atom stereocenters. The molecule has 0 bridgehead atoms. The summed E-state index contributed by atoms with van der Waals surface area (Å²) in [7, 11) is 0. The number of carbonyl (C=O) groups excluding carboxylic acids is 1. The summed E-state index contributed by atoms with van der Waals surface area (Å²) < 4.78 is 0. The lowest BCUT2D eigenvalue weighted by Crippen LogP contribution is -2.54. The smallest absolute Gasteiger partial charge is 0.222 e. The van der Waals surface area contributed by atoms with Gasteiger partial charge in [-0.15, -0.1) is 0 Å². The Morgan fingerprint density at radius 1 is 1.17 bits per heavy atom. The molecule has 1 amide bonds. The average molecular weight is 404 g/mol. The van der Waals surface area contributed by atoms with Crippen LogP contribution in [0.1, 0.15) is 36.5 Å². The summed E-state index contributed by atoms with van der Waals surface area (Å²) in [6, 6.07) is 8.48. The van der Waals surface area contributed by atoms with Crippen LogP contribution in [0.15, 0.2) is 43.0 Å². The van der Waals surface area contributed by atoms with Crippen LogP contribution in [0.5, 0.6) is 0 Å².